The number of fused-ring (bicyclic) bond motifs is 1. The van der Waals surface area contributed by atoms with Gasteiger partial charge in [-0.25, -0.2) is 4.98 Å². The van der Waals surface area contributed by atoms with Crippen molar-refractivity contribution in [3.8, 4) is 0 Å². The number of benzene rings is 1. The van der Waals surface area contributed by atoms with Crippen LogP contribution in [-0.4, -0.2) is 29.4 Å². The van der Waals surface area contributed by atoms with Gasteiger partial charge in [-0.3, -0.25) is 4.79 Å². The van der Waals surface area contributed by atoms with Crippen LogP contribution in [0, 0.1) is 0 Å². The number of hydrogen-bond acceptors (Lipinski definition) is 4. The van der Waals surface area contributed by atoms with Crippen LogP contribution in [0.1, 0.15) is 11.4 Å². The number of nitrogens with one attached hydrogen (secondary N) is 1. The van der Waals surface area contributed by atoms with E-state index in [0.29, 0.717) is 13.0 Å². The number of carbonyl (C=O) groups is 1. The fourth-order valence-corrected chi connectivity index (χ4v) is 2.98. The van der Waals surface area contributed by atoms with Gasteiger partial charge < -0.3 is 5.32 Å². The zero-order valence-electron chi connectivity index (χ0n) is 10.3. The van der Waals surface area contributed by atoms with E-state index in [1.807, 2.05) is 24.5 Å². The quantitative estimate of drug-likeness (QED) is 0.884. The van der Waals surface area contributed by atoms with Gasteiger partial charge >= 0.3 is 0 Å². The molecular formula is C13H16N2OS2. The Hall–Kier alpha value is -1.07. The predicted molar refractivity (Wildman–Crippen MR) is 79.3 cm³/mol. The third-order valence-electron chi connectivity index (χ3n) is 2.53. The third kappa shape index (κ3) is 3.71. The van der Waals surface area contributed by atoms with Gasteiger partial charge in [-0.2, -0.15) is 11.8 Å². The molecule has 0 bridgehead atoms. The highest BCUT2D eigenvalue weighted by atomic mass is 32.2. The van der Waals surface area contributed by atoms with Crippen LogP contribution in [0.15, 0.2) is 24.3 Å². The molecule has 1 amide bonds. The summed E-state index contributed by atoms with van der Waals surface area (Å²) in [4.78, 5) is 16.0. The van der Waals surface area contributed by atoms with Crippen LogP contribution in [0.25, 0.3) is 10.2 Å². The van der Waals surface area contributed by atoms with Crippen molar-refractivity contribution in [2.75, 3.05) is 18.6 Å². The summed E-state index contributed by atoms with van der Waals surface area (Å²) >= 11 is 3.39. The lowest BCUT2D eigenvalue weighted by molar-refractivity contribution is -0.120. The Kier molecular flexibility index (Phi) is 5.01. The zero-order valence-corrected chi connectivity index (χ0v) is 11.9. The molecule has 1 aromatic carbocycles. The maximum absolute atomic E-state index is 11.4. The molecule has 0 spiro atoms. The summed E-state index contributed by atoms with van der Waals surface area (Å²) in [6, 6.07) is 8.12. The summed E-state index contributed by atoms with van der Waals surface area (Å²) in [7, 11) is 0. The van der Waals surface area contributed by atoms with Crippen molar-refractivity contribution in [2.45, 2.75) is 12.8 Å². The number of aromatic nitrogens is 1. The molecule has 1 N–H and O–H groups in total. The van der Waals surface area contributed by atoms with E-state index >= 15 is 0 Å². The van der Waals surface area contributed by atoms with Gasteiger partial charge in [0.1, 0.15) is 0 Å². The molecule has 5 heteroatoms. The molecule has 18 heavy (non-hydrogen) atoms. The monoisotopic (exact) mass is 280 g/mol. The smallest absolute Gasteiger partial charge is 0.220 e. The molecule has 0 fully saturated rings. The van der Waals surface area contributed by atoms with E-state index in [1.165, 1.54) is 4.70 Å². The Balaban J connectivity index is 1.81. The highest BCUT2D eigenvalue weighted by Crippen LogP contribution is 2.21. The van der Waals surface area contributed by atoms with Gasteiger partial charge in [-0.1, -0.05) is 12.1 Å². The van der Waals surface area contributed by atoms with Gasteiger partial charge in [-0.05, 0) is 18.4 Å². The molecule has 0 saturated heterocycles. The second kappa shape index (κ2) is 6.75. The first-order valence-electron chi connectivity index (χ1n) is 5.89. The zero-order chi connectivity index (χ0) is 12.8. The number of carbonyl (C=O) groups excluding carboxylic acids is 1. The number of rotatable bonds is 6. The second-order valence-corrected chi connectivity index (χ2v) is 6.02. The maximum Gasteiger partial charge on any atom is 0.220 e. The van der Waals surface area contributed by atoms with Crippen LogP contribution in [0.4, 0.5) is 0 Å². The largest absolute Gasteiger partial charge is 0.356 e. The first kappa shape index (κ1) is 13.4. The minimum absolute atomic E-state index is 0.130. The third-order valence-corrected chi connectivity index (χ3v) is 4.24. The summed E-state index contributed by atoms with van der Waals surface area (Å²) < 4.78 is 1.21. The number of para-hydroxylation sites is 1. The lowest BCUT2D eigenvalue weighted by atomic mass is 10.3. The number of amides is 1. The molecule has 1 heterocycles. The van der Waals surface area contributed by atoms with Crippen molar-refractivity contribution in [1.82, 2.24) is 10.3 Å². The molecule has 0 aliphatic carbocycles. The minimum atomic E-state index is 0.130. The Morgan fingerprint density at radius 3 is 3.06 bits per heavy atom. The van der Waals surface area contributed by atoms with Crippen LogP contribution in [0.3, 0.4) is 0 Å². The van der Waals surface area contributed by atoms with E-state index in [4.69, 9.17) is 0 Å². The van der Waals surface area contributed by atoms with Gasteiger partial charge in [0.25, 0.3) is 0 Å². The van der Waals surface area contributed by atoms with Crippen molar-refractivity contribution in [1.29, 1.82) is 0 Å². The average Bonchev–Trinajstić information content (AvgIpc) is 2.79. The first-order valence-corrected chi connectivity index (χ1v) is 8.10. The second-order valence-electron chi connectivity index (χ2n) is 3.92. The van der Waals surface area contributed by atoms with Crippen LogP contribution in [0.5, 0.6) is 0 Å². The molecule has 2 aromatic rings. The minimum Gasteiger partial charge on any atom is -0.356 e. The molecule has 2 rings (SSSR count). The molecule has 0 radical (unpaired) electrons. The normalized spacial score (nSPS) is 10.7. The lowest BCUT2D eigenvalue weighted by Gasteiger charge is -2.02. The number of thioether (sulfide) groups is 1. The predicted octanol–water partition coefficient (Wildman–Crippen LogP) is 2.71. The molecule has 1 aromatic heterocycles. The Labute approximate surface area is 115 Å². The molecule has 3 nitrogen and oxygen atoms in total. The molecule has 0 aliphatic heterocycles. The Morgan fingerprint density at radius 2 is 2.28 bits per heavy atom. The van der Waals surface area contributed by atoms with Crippen LogP contribution in [-0.2, 0) is 11.2 Å². The average molecular weight is 280 g/mol. The van der Waals surface area contributed by atoms with Gasteiger partial charge in [0.15, 0.2) is 0 Å². The van der Waals surface area contributed by atoms with E-state index in [1.54, 1.807) is 23.1 Å². The summed E-state index contributed by atoms with van der Waals surface area (Å²) in [5.41, 5.74) is 1.05. The van der Waals surface area contributed by atoms with Crippen LogP contribution in [0.2, 0.25) is 0 Å². The van der Waals surface area contributed by atoms with E-state index < -0.39 is 0 Å². The summed E-state index contributed by atoms with van der Waals surface area (Å²) in [5.74, 6) is 1.01. The van der Waals surface area contributed by atoms with Gasteiger partial charge in [0, 0.05) is 25.1 Å². The summed E-state index contributed by atoms with van der Waals surface area (Å²) in [6.07, 6.45) is 3.42. The van der Waals surface area contributed by atoms with Crippen molar-refractivity contribution in [2.24, 2.45) is 0 Å². The standard InChI is InChI=1S/C13H16N2OS2/c1-17-9-7-12(16)14-8-6-13-15-10-4-2-3-5-11(10)18-13/h2-5H,6-9H2,1H3,(H,14,16). The molecule has 0 unspecified atom stereocenters. The lowest BCUT2D eigenvalue weighted by Crippen LogP contribution is -2.25. The van der Waals surface area contributed by atoms with Crippen molar-refractivity contribution < 1.29 is 4.79 Å². The molecule has 0 atom stereocenters. The van der Waals surface area contributed by atoms with Crippen molar-refractivity contribution in [3.63, 3.8) is 0 Å². The van der Waals surface area contributed by atoms with Crippen molar-refractivity contribution in [3.05, 3.63) is 29.3 Å². The Morgan fingerprint density at radius 1 is 1.44 bits per heavy atom. The summed E-state index contributed by atoms with van der Waals surface area (Å²) in [6.45, 7) is 0.674. The van der Waals surface area contributed by atoms with E-state index in [0.717, 1.165) is 22.7 Å². The SMILES string of the molecule is CSCCC(=O)NCCc1nc2ccccc2s1. The van der Waals surface area contributed by atoms with E-state index in [9.17, 15) is 4.79 Å². The number of nitrogens with zero attached hydrogens (tertiary/aromatic N) is 1. The van der Waals surface area contributed by atoms with E-state index in [2.05, 4.69) is 16.4 Å². The Bertz CT molecular complexity index is 491. The first-order chi connectivity index (χ1) is 8.79. The molecule has 0 aliphatic rings. The van der Waals surface area contributed by atoms with Gasteiger partial charge in [-0.15, -0.1) is 11.3 Å². The van der Waals surface area contributed by atoms with Crippen LogP contribution < -0.4 is 5.32 Å². The fraction of sp³-hybridized carbons (Fsp3) is 0.385. The van der Waals surface area contributed by atoms with Crippen molar-refractivity contribution >= 4 is 39.2 Å². The maximum atomic E-state index is 11.4. The highest BCUT2D eigenvalue weighted by Gasteiger charge is 2.04. The molecule has 0 saturated carbocycles. The molecular weight excluding hydrogens is 264 g/mol. The van der Waals surface area contributed by atoms with Gasteiger partial charge in [0.2, 0.25) is 5.91 Å². The number of hydrogen-bond donors (Lipinski definition) is 1. The van der Waals surface area contributed by atoms with E-state index in [-0.39, 0.29) is 5.91 Å². The number of thiazole rings is 1. The molecule has 96 valence electrons. The summed E-state index contributed by atoms with van der Waals surface area (Å²) in [5, 5.41) is 4.01. The van der Waals surface area contributed by atoms with Crippen LogP contribution >= 0.6 is 23.1 Å². The highest BCUT2D eigenvalue weighted by molar-refractivity contribution is 7.98. The fourth-order valence-electron chi connectivity index (χ4n) is 1.62. The van der Waals surface area contributed by atoms with Gasteiger partial charge in [0.05, 0.1) is 15.2 Å². The topological polar surface area (TPSA) is 42.0 Å².